The molecule has 0 spiro atoms. The second kappa shape index (κ2) is 7.94. The topological polar surface area (TPSA) is 57.3 Å². The third kappa shape index (κ3) is 4.94. The number of hydrogen-bond donors (Lipinski definition) is 2. The fraction of sp³-hybridized carbons (Fsp3) is 0.294. The van der Waals surface area contributed by atoms with Crippen molar-refractivity contribution in [2.75, 3.05) is 32.5 Å². The van der Waals surface area contributed by atoms with E-state index < -0.39 is 0 Å². The third-order valence-corrected chi connectivity index (χ3v) is 3.80. The monoisotopic (exact) mass is 332 g/mol. The molecule has 1 amide bonds. The number of pyridine rings is 1. The van der Waals surface area contributed by atoms with Crippen molar-refractivity contribution in [1.29, 1.82) is 0 Å². The largest absolute Gasteiger partial charge is 0.354 e. The number of halogens is 1. The maximum atomic E-state index is 12.0. The average molecular weight is 333 g/mol. The van der Waals surface area contributed by atoms with E-state index in [0.29, 0.717) is 17.3 Å². The molecule has 0 fully saturated rings. The van der Waals surface area contributed by atoms with Crippen LogP contribution >= 0.6 is 11.6 Å². The molecule has 0 saturated heterocycles. The van der Waals surface area contributed by atoms with E-state index >= 15 is 0 Å². The SMILES string of the molecule is Cc1c(Cl)cccc1Nc1ccc(C(=O)NCCN(C)C)nc1. The molecule has 0 radical (unpaired) electrons. The number of nitrogens with one attached hydrogen (secondary N) is 2. The van der Waals surface area contributed by atoms with Gasteiger partial charge in [-0.2, -0.15) is 0 Å². The van der Waals surface area contributed by atoms with Crippen LogP contribution in [0.5, 0.6) is 0 Å². The van der Waals surface area contributed by atoms with Crippen molar-refractivity contribution in [1.82, 2.24) is 15.2 Å². The molecular formula is C17H21ClN4O. The molecule has 0 unspecified atom stereocenters. The van der Waals surface area contributed by atoms with E-state index in [1.807, 2.05) is 50.2 Å². The van der Waals surface area contributed by atoms with E-state index in [1.165, 1.54) is 0 Å². The number of aromatic nitrogens is 1. The Hall–Kier alpha value is -2.11. The van der Waals surface area contributed by atoms with Crippen molar-refractivity contribution in [3.63, 3.8) is 0 Å². The first-order valence-corrected chi connectivity index (χ1v) is 7.76. The first-order chi connectivity index (χ1) is 11.0. The first-order valence-electron chi connectivity index (χ1n) is 7.38. The summed E-state index contributed by atoms with van der Waals surface area (Å²) in [6.45, 7) is 3.33. The van der Waals surface area contributed by atoms with Gasteiger partial charge in [-0.3, -0.25) is 4.79 Å². The Labute approximate surface area is 141 Å². The van der Waals surface area contributed by atoms with Gasteiger partial charge in [0, 0.05) is 23.8 Å². The summed E-state index contributed by atoms with van der Waals surface area (Å²) in [6.07, 6.45) is 1.64. The minimum absolute atomic E-state index is 0.169. The van der Waals surface area contributed by atoms with Crippen LogP contribution in [0.1, 0.15) is 16.1 Å². The summed E-state index contributed by atoms with van der Waals surface area (Å²) in [4.78, 5) is 18.2. The summed E-state index contributed by atoms with van der Waals surface area (Å²) in [7, 11) is 3.92. The summed E-state index contributed by atoms with van der Waals surface area (Å²) < 4.78 is 0. The zero-order valence-corrected chi connectivity index (χ0v) is 14.3. The number of benzene rings is 1. The number of likely N-dealkylation sites (N-methyl/N-ethyl adjacent to an activating group) is 1. The number of amides is 1. The van der Waals surface area contributed by atoms with Crippen molar-refractivity contribution in [2.45, 2.75) is 6.92 Å². The number of nitrogens with zero attached hydrogens (tertiary/aromatic N) is 2. The van der Waals surface area contributed by atoms with Gasteiger partial charge in [0.15, 0.2) is 0 Å². The fourth-order valence-electron chi connectivity index (χ4n) is 1.98. The number of rotatable bonds is 6. The fourth-order valence-corrected chi connectivity index (χ4v) is 2.16. The molecule has 6 heteroatoms. The zero-order valence-electron chi connectivity index (χ0n) is 13.6. The normalized spacial score (nSPS) is 10.7. The molecule has 122 valence electrons. The highest BCUT2D eigenvalue weighted by atomic mass is 35.5. The van der Waals surface area contributed by atoms with Gasteiger partial charge in [-0.25, -0.2) is 4.98 Å². The number of carbonyl (C=O) groups is 1. The smallest absolute Gasteiger partial charge is 0.269 e. The summed E-state index contributed by atoms with van der Waals surface area (Å²) in [5, 5.41) is 6.80. The van der Waals surface area contributed by atoms with Crippen LogP contribution in [0.15, 0.2) is 36.5 Å². The van der Waals surface area contributed by atoms with Gasteiger partial charge in [-0.1, -0.05) is 17.7 Å². The highest BCUT2D eigenvalue weighted by Crippen LogP contribution is 2.25. The lowest BCUT2D eigenvalue weighted by Gasteiger charge is -2.11. The summed E-state index contributed by atoms with van der Waals surface area (Å²) >= 11 is 6.11. The Bertz CT molecular complexity index is 671. The number of hydrogen-bond acceptors (Lipinski definition) is 4. The van der Waals surface area contributed by atoms with Gasteiger partial charge in [0.25, 0.3) is 5.91 Å². The van der Waals surface area contributed by atoms with E-state index in [9.17, 15) is 4.79 Å². The van der Waals surface area contributed by atoms with Gasteiger partial charge in [0.05, 0.1) is 11.9 Å². The van der Waals surface area contributed by atoms with Crippen LogP contribution in [-0.4, -0.2) is 43.0 Å². The molecule has 5 nitrogen and oxygen atoms in total. The van der Waals surface area contributed by atoms with E-state index in [1.54, 1.807) is 12.3 Å². The van der Waals surface area contributed by atoms with E-state index in [2.05, 4.69) is 15.6 Å². The quantitative estimate of drug-likeness (QED) is 0.853. The molecule has 1 aromatic carbocycles. The Morgan fingerprint density at radius 3 is 2.70 bits per heavy atom. The molecule has 2 N–H and O–H groups in total. The van der Waals surface area contributed by atoms with Gasteiger partial charge in [0.1, 0.15) is 5.69 Å². The summed E-state index contributed by atoms with van der Waals surface area (Å²) in [5.41, 5.74) is 3.10. The molecule has 1 heterocycles. The van der Waals surface area contributed by atoms with Gasteiger partial charge in [-0.15, -0.1) is 0 Å². The molecule has 0 atom stereocenters. The molecular weight excluding hydrogens is 312 g/mol. The molecule has 2 rings (SSSR count). The standard InChI is InChI=1S/C17H21ClN4O/c1-12-14(18)5-4-6-15(12)21-13-7-8-16(20-11-13)17(23)19-9-10-22(2)3/h4-8,11,21H,9-10H2,1-3H3,(H,19,23). The van der Waals surface area contributed by atoms with Crippen molar-refractivity contribution >= 4 is 28.9 Å². The molecule has 2 aromatic rings. The number of carbonyl (C=O) groups excluding carboxylic acids is 1. The highest BCUT2D eigenvalue weighted by Gasteiger charge is 2.07. The van der Waals surface area contributed by atoms with Crippen LogP contribution < -0.4 is 10.6 Å². The molecule has 23 heavy (non-hydrogen) atoms. The second-order valence-corrected chi connectivity index (χ2v) is 5.94. The predicted molar refractivity (Wildman–Crippen MR) is 94.6 cm³/mol. The molecule has 0 bridgehead atoms. The maximum absolute atomic E-state index is 12.0. The van der Waals surface area contributed by atoms with Crippen LogP contribution in [0.3, 0.4) is 0 Å². The van der Waals surface area contributed by atoms with Crippen molar-refractivity contribution in [2.24, 2.45) is 0 Å². The van der Waals surface area contributed by atoms with Gasteiger partial charge in [-0.05, 0) is 50.8 Å². The van der Waals surface area contributed by atoms with Crippen LogP contribution in [0.2, 0.25) is 5.02 Å². The lowest BCUT2D eigenvalue weighted by molar-refractivity contribution is 0.0946. The molecule has 0 aliphatic heterocycles. The van der Waals surface area contributed by atoms with Crippen LogP contribution in [0.25, 0.3) is 0 Å². The van der Waals surface area contributed by atoms with Crippen molar-refractivity contribution in [3.05, 3.63) is 52.8 Å². The van der Waals surface area contributed by atoms with Crippen LogP contribution in [0.4, 0.5) is 11.4 Å². The zero-order chi connectivity index (χ0) is 16.8. The average Bonchev–Trinajstić information content (AvgIpc) is 2.52. The maximum Gasteiger partial charge on any atom is 0.269 e. The minimum atomic E-state index is -0.169. The van der Waals surface area contributed by atoms with E-state index in [4.69, 9.17) is 11.6 Å². The van der Waals surface area contributed by atoms with Crippen LogP contribution in [0, 0.1) is 6.92 Å². The Balaban J connectivity index is 1.99. The lowest BCUT2D eigenvalue weighted by Crippen LogP contribution is -2.31. The van der Waals surface area contributed by atoms with E-state index in [0.717, 1.165) is 23.5 Å². The van der Waals surface area contributed by atoms with E-state index in [-0.39, 0.29) is 5.91 Å². The lowest BCUT2D eigenvalue weighted by atomic mass is 10.2. The highest BCUT2D eigenvalue weighted by molar-refractivity contribution is 6.31. The van der Waals surface area contributed by atoms with Crippen molar-refractivity contribution < 1.29 is 4.79 Å². The predicted octanol–water partition coefficient (Wildman–Crippen LogP) is 3.08. The molecule has 0 aliphatic carbocycles. The second-order valence-electron chi connectivity index (χ2n) is 5.53. The molecule has 0 saturated carbocycles. The Morgan fingerprint density at radius 1 is 1.26 bits per heavy atom. The summed E-state index contributed by atoms with van der Waals surface area (Å²) in [6, 6.07) is 9.21. The third-order valence-electron chi connectivity index (χ3n) is 3.39. The van der Waals surface area contributed by atoms with Crippen LogP contribution in [-0.2, 0) is 0 Å². The first kappa shape index (κ1) is 17.2. The number of anilines is 2. The Morgan fingerprint density at radius 2 is 2.04 bits per heavy atom. The molecule has 1 aromatic heterocycles. The van der Waals surface area contributed by atoms with Gasteiger partial charge in [0.2, 0.25) is 0 Å². The molecule has 0 aliphatic rings. The minimum Gasteiger partial charge on any atom is -0.354 e. The van der Waals surface area contributed by atoms with Gasteiger partial charge < -0.3 is 15.5 Å². The Kier molecular flexibility index (Phi) is 5.96. The summed E-state index contributed by atoms with van der Waals surface area (Å²) in [5.74, 6) is -0.169. The van der Waals surface area contributed by atoms with Gasteiger partial charge >= 0.3 is 0 Å². The van der Waals surface area contributed by atoms with Crippen molar-refractivity contribution in [3.8, 4) is 0 Å².